The molecule has 2 aromatic rings. The van der Waals surface area contributed by atoms with Crippen molar-refractivity contribution in [1.29, 1.82) is 0 Å². The number of hydrogen-bond acceptors (Lipinski definition) is 5. The van der Waals surface area contributed by atoms with E-state index in [0.29, 0.717) is 36.7 Å². The zero-order valence-electron chi connectivity index (χ0n) is 15.4. The molecular formula is C20H25N2O5+. The second-order valence-electron chi connectivity index (χ2n) is 6.77. The average Bonchev–Trinajstić information content (AvgIpc) is 3.21. The highest BCUT2D eigenvalue weighted by atomic mass is 16.5. The molecule has 1 aliphatic heterocycles. The zero-order valence-corrected chi connectivity index (χ0v) is 15.4. The van der Waals surface area contributed by atoms with Crippen LogP contribution in [0.15, 0.2) is 47.1 Å². The van der Waals surface area contributed by atoms with Crippen LogP contribution in [-0.4, -0.2) is 67.1 Å². The number of furan rings is 1. The first-order valence-electron chi connectivity index (χ1n) is 9.11. The van der Waals surface area contributed by atoms with Crippen molar-refractivity contribution >= 4 is 11.7 Å². The van der Waals surface area contributed by atoms with E-state index in [1.54, 1.807) is 41.3 Å². The summed E-state index contributed by atoms with van der Waals surface area (Å²) in [6.45, 7) is 5.02. The molecule has 7 heteroatoms. The number of carbonyl (C=O) groups excluding carboxylic acids is 2. The van der Waals surface area contributed by atoms with E-state index >= 15 is 0 Å². The average molecular weight is 373 g/mol. The van der Waals surface area contributed by atoms with Gasteiger partial charge in [0.1, 0.15) is 25.0 Å². The lowest BCUT2D eigenvalue weighted by atomic mass is 10.1. The summed E-state index contributed by atoms with van der Waals surface area (Å²) in [4.78, 5) is 26.7. The standard InChI is InChI=1S/C20H24N2O5/c1-15(23)16-4-2-5-18(12-16)27-14-17(24)13-21-7-9-22(10-8-21)20(25)19-6-3-11-26-19/h2-6,11-12,17,24H,7-10,13-14H2,1H3/p+1/t17-/m0/s1. The van der Waals surface area contributed by atoms with Crippen molar-refractivity contribution in [3.05, 3.63) is 54.0 Å². The summed E-state index contributed by atoms with van der Waals surface area (Å²) in [5, 5.41) is 10.3. The maximum atomic E-state index is 12.3. The Kier molecular flexibility index (Phi) is 6.26. The van der Waals surface area contributed by atoms with E-state index in [0.717, 1.165) is 13.1 Å². The SMILES string of the molecule is CC(=O)c1cccc(OC[C@@H](O)C[NH+]2CCN(C(=O)c3ccco3)CC2)c1. The molecule has 3 rings (SSSR count). The maximum Gasteiger partial charge on any atom is 0.289 e. The number of piperazine rings is 1. The van der Waals surface area contributed by atoms with Gasteiger partial charge >= 0.3 is 0 Å². The molecule has 2 heterocycles. The van der Waals surface area contributed by atoms with Crippen molar-refractivity contribution in [3.8, 4) is 5.75 Å². The lowest BCUT2D eigenvalue weighted by Gasteiger charge is -2.32. The molecule has 1 saturated heterocycles. The second kappa shape index (κ2) is 8.83. The number of quaternary nitrogens is 1. The van der Waals surface area contributed by atoms with E-state index in [9.17, 15) is 14.7 Å². The minimum absolute atomic E-state index is 0.0209. The number of benzene rings is 1. The number of hydrogen-bond donors (Lipinski definition) is 2. The van der Waals surface area contributed by atoms with Gasteiger partial charge in [-0.05, 0) is 31.2 Å². The van der Waals surface area contributed by atoms with Crippen LogP contribution in [0.25, 0.3) is 0 Å². The third-order valence-corrected chi connectivity index (χ3v) is 4.70. The molecule has 1 amide bonds. The number of rotatable bonds is 7. The molecule has 2 N–H and O–H groups in total. The Morgan fingerprint density at radius 2 is 2.04 bits per heavy atom. The Morgan fingerprint density at radius 1 is 1.26 bits per heavy atom. The normalized spacial score (nSPS) is 16.1. The van der Waals surface area contributed by atoms with Crippen LogP contribution in [0.4, 0.5) is 0 Å². The fourth-order valence-corrected chi connectivity index (χ4v) is 3.18. The van der Waals surface area contributed by atoms with E-state index in [4.69, 9.17) is 9.15 Å². The van der Waals surface area contributed by atoms with Gasteiger partial charge in [-0.15, -0.1) is 0 Å². The Morgan fingerprint density at radius 3 is 2.70 bits per heavy atom. The molecule has 144 valence electrons. The highest BCUT2D eigenvalue weighted by molar-refractivity contribution is 5.94. The summed E-state index contributed by atoms with van der Waals surface area (Å²) >= 11 is 0. The lowest BCUT2D eigenvalue weighted by molar-refractivity contribution is -0.907. The van der Waals surface area contributed by atoms with Gasteiger partial charge in [0, 0.05) is 5.56 Å². The fourth-order valence-electron chi connectivity index (χ4n) is 3.18. The first-order chi connectivity index (χ1) is 13.0. The van der Waals surface area contributed by atoms with E-state index in [2.05, 4.69) is 0 Å². The molecule has 1 fully saturated rings. The number of nitrogens with zero attached hydrogens (tertiary/aromatic N) is 1. The fraction of sp³-hybridized carbons (Fsp3) is 0.400. The predicted molar refractivity (Wildman–Crippen MR) is 98.1 cm³/mol. The molecule has 0 radical (unpaired) electrons. The van der Waals surface area contributed by atoms with Crippen molar-refractivity contribution in [2.75, 3.05) is 39.3 Å². The maximum absolute atomic E-state index is 12.3. The topological polar surface area (TPSA) is 84.4 Å². The first kappa shape index (κ1) is 19.1. The van der Waals surface area contributed by atoms with Crippen molar-refractivity contribution < 1.29 is 28.7 Å². The summed E-state index contributed by atoms with van der Waals surface area (Å²) in [5.41, 5.74) is 0.588. The number of aliphatic hydroxyl groups excluding tert-OH is 1. The van der Waals surface area contributed by atoms with Crippen LogP contribution in [0.3, 0.4) is 0 Å². The second-order valence-corrected chi connectivity index (χ2v) is 6.77. The summed E-state index contributed by atoms with van der Waals surface area (Å²) in [6, 6.07) is 10.3. The molecule has 7 nitrogen and oxygen atoms in total. The number of ketones is 1. The van der Waals surface area contributed by atoms with Crippen LogP contribution in [-0.2, 0) is 0 Å². The lowest BCUT2D eigenvalue weighted by Crippen LogP contribution is -3.16. The van der Waals surface area contributed by atoms with E-state index in [1.807, 2.05) is 0 Å². The molecule has 1 atom stereocenters. The number of ether oxygens (including phenoxy) is 1. The van der Waals surface area contributed by atoms with Crippen molar-refractivity contribution in [2.45, 2.75) is 13.0 Å². The minimum atomic E-state index is -0.617. The number of Topliss-reactive ketones (excluding diaryl/α,β-unsaturated/α-hetero) is 1. The van der Waals surface area contributed by atoms with Crippen LogP contribution < -0.4 is 9.64 Å². The van der Waals surface area contributed by atoms with Crippen LogP contribution >= 0.6 is 0 Å². The van der Waals surface area contributed by atoms with Gasteiger partial charge in [-0.2, -0.15) is 0 Å². The number of nitrogens with one attached hydrogen (secondary N) is 1. The monoisotopic (exact) mass is 373 g/mol. The Labute approximate surface area is 158 Å². The van der Waals surface area contributed by atoms with Gasteiger partial charge < -0.3 is 24.1 Å². The largest absolute Gasteiger partial charge is 0.491 e. The van der Waals surface area contributed by atoms with Crippen LogP contribution in [0.2, 0.25) is 0 Å². The molecular weight excluding hydrogens is 348 g/mol. The summed E-state index contributed by atoms with van der Waals surface area (Å²) in [5.74, 6) is 0.825. The van der Waals surface area contributed by atoms with Crippen molar-refractivity contribution in [3.63, 3.8) is 0 Å². The van der Waals surface area contributed by atoms with Crippen molar-refractivity contribution in [2.24, 2.45) is 0 Å². The highest BCUT2D eigenvalue weighted by Gasteiger charge is 2.27. The zero-order chi connectivity index (χ0) is 19.2. The van der Waals surface area contributed by atoms with Crippen LogP contribution in [0.1, 0.15) is 27.8 Å². The highest BCUT2D eigenvalue weighted by Crippen LogP contribution is 2.14. The van der Waals surface area contributed by atoms with Gasteiger partial charge in [-0.3, -0.25) is 9.59 Å². The summed E-state index contributed by atoms with van der Waals surface area (Å²) in [7, 11) is 0. The molecule has 27 heavy (non-hydrogen) atoms. The minimum Gasteiger partial charge on any atom is -0.491 e. The van der Waals surface area contributed by atoms with Crippen molar-refractivity contribution in [1.82, 2.24) is 4.90 Å². The number of carbonyl (C=O) groups is 2. The molecule has 1 aromatic heterocycles. The third-order valence-electron chi connectivity index (χ3n) is 4.70. The summed E-state index contributed by atoms with van der Waals surface area (Å²) < 4.78 is 10.8. The predicted octanol–water partition coefficient (Wildman–Crippen LogP) is 0.263. The molecule has 1 aromatic carbocycles. The Balaban J connectivity index is 1.42. The molecule has 0 saturated carbocycles. The number of amides is 1. The third kappa shape index (κ3) is 5.18. The van der Waals surface area contributed by atoms with Gasteiger partial charge in [0.25, 0.3) is 5.91 Å². The number of aliphatic hydroxyl groups is 1. The van der Waals surface area contributed by atoms with Crippen LogP contribution in [0.5, 0.6) is 5.75 Å². The van der Waals surface area contributed by atoms with E-state index in [-0.39, 0.29) is 18.3 Å². The first-order valence-corrected chi connectivity index (χ1v) is 9.11. The molecule has 0 spiro atoms. The quantitative estimate of drug-likeness (QED) is 0.681. The van der Waals surface area contributed by atoms with Gasteiger partial charge in [0.15, 0.2) is 11.5 Å². The molecule has 0 unspecified atom stereocenters. The van der Waals surface area contributed by atoms with E-state index in [1.165, 1.54) is 18.1 Å². The smallest absolute Gasteiger partial charge is 0.289 e. The van der Waals surface area contributed by atoms with Crippen LogP contribution in [0, 0.1) is 0 Å². The van der Waals surface area contributed by atoms with Gasteiger partial charge in [0.05, 0.1) is 32.4 Å². The van der Waals surface area contributed by atoms with Gasteiger partial charge in [0.2, 0.25) is 0 Å². The van der Waals surface area contributed by atoms with E-state index < -0.39 is 6.10 Å². The Hall–Kier alpha value is -2.64. The molecule has 0 bridgehead atoms. The molecule has 1 aliphatic rings. The summed E-state index contributed by atoms with van der Waals surface area (Å²) in [6.07, 6.45) is 0.880. The molecule has 0 aliphatic carbocycles. The van der Waals surface area contributed by atoms with Gasteiger partial charge in [-0.1, -0.05) is 12.1 Å². The van der Waals surface area contributed by atoms with Gasteiger partial charge in [-0.25, -0.2) is 0 Å². The Bertz CT molecular complexity index is 766.